The first-order valence-electron chi connectivity index (χ1n) is 1.80. The molecule has 0 aliphatic carbocycles. The Morgan fingerprint density at radius 1 is 1.18 bits per heavy atom. The zero-order chi connectivity index (χ0) is 8.57. The molecule has 0 atom stereocenters. The monoisotopic (exact) mass is 230 g/mol. The zero-order valence-corrected chi connectivity index (χ0v) is 6.09. The van der Waals surface area contributed by atoms with Gasteiger partial charge in [-0.25, -0.2) is 9.59 Å². The van der Waals surface area contributed by atoms with Gasteiger partial charge in [0.25, 0.3) is 0 Å². The molecule has 0 aliphatic rings. The Hall–Kier alpha value is 0.956. The summed E-state index contributed by atoms with van der Waals surface area (Å²) in [5, 5.41) is 15.2. The molecule has 0 aromatic heterocycles. The molecule has 0 spiro atoms. The fourth-order valence-corrected chi connectivity index (χ4v) is 0.0747. The Bertz CT molecular complexity index is 106. The fraction of sp³-hybridized carbons (Fsp3) is 0.333. The number of carbonyl (C=O) groups is 2. The molecular formula is C3H5Cl2KO5. The summed E-state index contributed by atoms with van der Waals surface area (Å²) < 4.78 is 3.08. The summed E-state index contributed by atoms with van der Waals surface area (Å²) in [7, 11) is 0. The van der Waals surface area contributed by atoms with Crippen molar-refractivity contribution in [3.05, 3.63) is 0 Å². The van der Waals surface area contributed by atoms with Crippen LogP contribution in [0.15, 0.2) is 0 Å². The molecule has 0 unspecified atom stereocenters. The molecule has 0 rings (SSSR count). The summed E-state index contributed by atoms with van der Waals surface area (Å²) in [6.45, 7) is 0. The van der Waals surface area contributed by atoms with Crippen molar-refractivity contribution in [3.63, 3.8) is 0 Å². The van der Waals surface area contributed by atoms with Crippen molar-refractivity contribution in [1.82, 2.24) is 0 Å². The predicted molar refractivity (Wildman–Crippen MR) is 40.9 cm³/mol. The van der Waals surface area contributed by atoms with Gasteiger partial charge in [-0.15, -0.1) is 23.2 Å². The minimum atomic E-state index is -1.81. The standard InChI is InChI=1S/C2H2O5.CH2Cl2.K.H/c3-1(4)7-2(5)6;2-1-3;;/h(H,3,4)(H,5,6);1H2;;. The van der Waals surface area contributed by atoms with Crippen molar-refractivity contribution in [2.75, 3.05) is 5.34 Å². The molecule has 8 heteroatoms. The number of hydrogen-bond acceptors (Lipinski definition) is 3. The number of rotatable bonds is 0. The minimum absolute atomic E-state index is 0. The Morgan fingerprint density at radius 3 is 1.36 bits per heavy atom. The van der Waals surface area contributed by atoms with Gasteiger partial charge in [0.2, 0.25) is 0 Å². The SMILES string of the molecule is ClCCl.O=C(O)OC(=O)O.[KH]. The summed E-state index contributed by atoms with van der Waals surface area (Å²) in [5.41, 5.74) is 0. The topological polar surface area (TPSA) is 83.8 Å². The Kier molecular flexibility index (Phi) is 22.0. The van der Waals surface area contributed by atoms with Gasteiger partial charge in [0.15, 0.2) is 0 Å². The van der Waals surface area contributed by atoms with E-state index < -0.39 is 12.3 Å². The van der Waals surface area contributed by atoms with Gasteiger partial charge in [0.05, 0.1) is 5.34 Å². The van der Waals surface area contributed by atoms with Crippen molar-refractivity contribution in [1.29, 1.82) is 0 Å². The maximum atomic E-state index is 9.21. The van der Waals surface area contributed by atoms with Gasteiger partial charge < -0.3 is 14.9 Å². The van der Waals surface area contributed by atoms with Crippen LogP contribution in [0.5, 0.6) is 0 Å². The predicted octanol–water partition coefficient (Wildman–Crippen LogP) is 1.13. The van der Waals surface area contributed by atoms with Crippen LogP contribution in [-0.2, 0) is 4.74 Å². The summed E-state index contributed by atoms with van der Waals surface area (Å²) in [6.07, 6.45) is -3.62. The van der Waals surface area contributed by atoms with Crippen LogP contribution < -0.4 is 0 Å². The second kappa shape index (κ2) is 13.5. The van der Waals surface area contributed by atoms with Gasteiger partial charge in [0.1, 0.15) is 0 Å². The molecule has 0 radical (unpaired) electrons. The van der Waals surface area contributed by atoms with E-state index in [0.717, 1.165) is 0 Å². The van der Waals surface area contributed by atoms with Gasteiger partial charge in [-0.2, -0.15) is 0 Å². The molecule has 2 N–H and O–H groups in total. The van der Waals surface area contributed by atoms with Crippen molar-refractivity contribution in [2.24, 2.45) is 0 Å². The number of hydrogen-bond donors (Lipinski definition) is 2. The van der Waals surface area contributed by atoms with E-state index in [1.54, 1.807) is 0 Å². The quantitative estimate of drug-likeness (QED) is 0.282. The molecule has 0 amide bonds. The Labute approximate surface area is 115 Å². The molecule has 0 aromatic carbocycles. The third kappa shape index (κ3) is 35.8. The first-order chi connectivity index (χ1) is 4.54. The number of carboxylic acid groups (broad SMARTS) is 2. The van der Waals surface area contributed by atoms with E-state index in [2.05, 4.69) is 4.74 Å². The van der Waals surface area contributed by atoms with E-state index in [0.29, 0.717) is 0 Å². The number of ether oxygens (including phenoxy) is 1. The van der Waals surface area contributed by atoms with Gasteiger partial charge in [-0.1, -0.05) is 0 Å². The van der Waals surface area contributed by atoms with E-state index in [1.165, 1.54) is 0 Å². The van der Waals surface area contributed by atoms with Crippen LogP contribution in [-0.4, -0.2) is 79.2 Å². The van der Waals surface area contributed by atoms with Crippen LogP contribution >= 0.6 is 23.2 Å². The molecule has 0 aliphatic heterocycles. The van der Waals surface area contributed by atoms with Crippen molar-refractivity contribution >= 4 is 86.9 Å². The molecule has 0 bridgehead atoms. The average Bonchev–Trinajstić information content (AvgIpc) is 1.62. The normalized spacial score (nSPS) is 6.36. The first kappa shape index (κ1) is 17.9. The fourth-order valence-electron chi connectivity index (χ4n) is 0.0747. The van der Waals surface area contributed by atoms with Crippen LogP contribution in [0.25, 0.3) is 0 Å². The third-order valence-corrected chi connectivity index (χ3v) is 0.175. The number of alkyl halides is 2. The van der Waals surface area contributed by atoms with Gasteiger partial charge in [-0.05, 0) is 0 Å². The van der Waals surface area contributed by atoms with E-state index >= 15 is 0 Å². The molecule has 62 valence electrons. The molecular weight excluding hydrogens is 226 g/mol. The summed E-state index contributed by atoms with van der Waals surface area (Å²) >= 11 is 9.53. The van der Waals surface area contributed by atoms with Crippen LogP contribution in [0.2, 0.25) is 0 Å². The zero-order valence-electron chi connectivity index (χ0n) is 4.58. The second-order valence-electron chi connectivity index (χ2n) is 0.735. The second-order valence-corrected chi connectivity index (χ2v) is 1.54. The first-order valence-corrected chi connectivity index (χ1v) is 2.87. The van der Waals surface area contributed by atoms with Crippen molar-refractivity contribution < 1.29 is 24.5 Å². The van der Waals surface area contributed by atoms with Crippen LogP contribution in [0.3, 0.4) is 0 Å². The van der Waals surface area contributed by atoms with Gasteiger partial charge in [0, 0.05) is 0 Å². The third-order valence-electron chi connectivity index (χ3n) is 0.175. The van der Waals surface area contributed by atoms with E-state index in [9.17, 15) is 9.59 Å². The summed E-state index contributed by atoms with van der Waals surface area (Å²) in [6, 6.07) is 0. The molecule has 0 fully saturated rings. The Morgan fingerprint density at radius 2 is 1.36 bits per heavy atom. The van der Waals surface area contributed by atoms with E-state index in [1.807, 2.05) is 0 Å². The van der Waals surface area contributed by atoms with E-state index in [4.69, 9.17) is 33.4 Å². The molecule has 0 heterocycles. The average molecular weight is 231 g/mol. The molecule has 5 nitrogen and oxygen atoms in total. The van der Waals surface area contributed by atoms with Crippen molar-refractivity contribution in [2.45, 2.75) is 0 Å². The van der Waals surface area contributed by atoms with Gasteiger partial charge >= 0.3 is 63.7 Å². The van der Waals surface area contributed by atoms with Crippen LogP contribution in [0, 0.1) is 0 Å². The number of halogens is 2. The maximum absolute atomic E-state index is 9.21. The summed E-state index contributed by atoms with van der Waals surface area (Å²) in [4.78, 5) is 18.4. The summed E-state index contributed by atoms with van der Waals surface area (Å²) in [5.74, 6) is 0. The molecule has 0 aromatic rings. The molecule has 0 saturated heterocycles. The molecule has 11 heavy (non-hydrogen) atoms. The molecule has 0 saturated carbocycles. The Balaban J connectivity index is -0.000000140. The van der Waals surface area contributed by atoms with E-state index in [-0.39, 0.29) is 56.7 Å². The van der Waals surface area contributed by atoms with Crippen molar-refractivity contribution in [3.8, 4) is 0 Å². The van der Waals surface area contributed by atoms with Crippen LogP contribution in [0.4, 0.5) is 9.59 Å². The van der Waals surface area contributed by atoms with Gasteiger partial charge in [-0.3, -0.25) is 0 Å². The van der Waals surface area contributed by atoms with Crippen LogP contribution in [0.1, 0.15) is 0 Å².